The second kappa shape index (κ2) is 86.7. The molecule has 0 aromatic rings. The maximum absolute atomic E-state index is 0. The first-order valence-corrected chi connectivity index (χ1v) is 0. The SMILES string of the molecule is [Cr+3].[Fe].[H-].[K+].[O-2].[O-2].[O-2].[O-2].[V]. The van der Waals surface area contributed by atoms with E-state index in [1.807, 2.05) is 0 Å². The third kappa shape index (κ3) is 61.9. The summed E-state index contributed by atoms with van der Waals surface area (Å²) in [7, 11) is 0. The van der Waals surface area contributed by atoms with E-state index in [-0.39, 0.29) is 128 Å². The molecule has 0 N–H and O–H groups in total. The third-order valence-electron chi connectivity index (χ3n) is 0. The molecule has 0 aliphatic heterocycles. The first-order chi connectivity index (χ1) is 0. The van der Waals surface area contributed by atoms with Crippen molar-refractivity contribution in [1.29, 1.82) is 0 Å². The Morgan fingerprint density at radius 3 is 0.750 bits per heavy atom. The summed E-state index contributed by atoms with van der Waals surface area (Å²) in [4.78, 5) is 0. The van der Waals surface area contributed by atoms with Gasteiger partial charge in [-0.1, -0.05) is 0 Å². The predicted octanol–water partition coefficient (Wildman–Crippen LogP) is -3.37. The molecule has 0 aromatic carbocycles. The summed E-state index contributed by atoms with van der Waals surface area (Å²) in [6, 6.07) is 0. The van der Waals surface area contributed by atoms with Crippen molar-refractivity contribution >= 4 is 0 Å². The zero-order valence-electron chi connectivity index (χ0n) is 4.84. The quantitative estimate of drug-likeness (QED) is 0.406. The molecule has 0 unspecified atom stereocenters. The largest absolute Gasteiger partial charge is 3.00 e. The van der Waals surface area contributed by atoms with Gasteiger partial charge in [0.15, 0.2) is 0 Å². The Hall–Kier alpha value is 3.11. The van der Waals surface area contributed by atoms with E-state index in [1.54, 1.807) is 0 Å². The first-order valence-electron chi connectivity index (χ1n) is 0. The minimum Gasteiger partial charge on any atom is -2.00 e. The van der Waals surface area contributed by atoms with Gasteiger partial charge in [-0.2, -0.15) is 0 Å². The molecule has 0 saturated heterocycles. The first kappa shape index (κ1) is 117. The number of hydrogen-bond acceptors (Lipinski definition) is 0. The van der Waals surface area contributed by atoms with Crippen LogP contribution in [0.2, 0.25) is 0 Å². The molecular weight excluding hydrogens is 262 g/mol. The van der Waals surface area contributed by atoms with Gasteiger partial charge in [-0.15, -0.1) is 0 Å². The molecule has 0 bridgehead atoms. The van der Waals surface area contributed by atoms with E-state index in [0.29, 0.717) is 0 Å². The normalized spacial score (nSPS) is 0. The fourth-order valence-electron chi connectivity index (χ4n) is 0. The molecule has 0 spiro atoms. The van der Waals surface area contributed by atoms with Crippen LogP contribution in [0.15, 0.2) is 0 Å². The second-order valence-corrected chi connectivity index (χ2v) is 0. The maximum atomic E-state index is 0. The van der Waals surface area contributed by atoms with Gasteiger partial charge in [0.05, 0.1) is 0 Å². The van der Waals surface area contributed by atoms with Gasteiger partial charge in [0.2, 0.25) is 0 Å². The van der Waals surface area contributed by atoms with E-state index in [1.165, 1.54) is 0 Å². The monoisotopic (exact) mass is 263 g/mol. The van der Waals surface area contributed by atoms with Gasteiger partial charge in [-0.05, 0) is 0 Å². The van der Waals surface area contributed by atoms with Gasteiger partial charge in [0, 0.05) is 35.6 Å². The van der Waals surface area contributed by atoms with Crippen LogP contribution < -0.4 is 51.4 Å². The summed E-state index contributed by atoms with van der Waals surface area (Å²) in [5.74, 6) is 0. The molecule has 0 aliphatic rings. The summed E-state index contributed by atoms with van der Waals surface area (Å²) in [5, 5.41) is 0. The molecule has 0 aromatic heterocycles. The van der Waals surface area contributed by atoms with Crippen LogP contribution in [0.25, 0.3) is 0 Å². The maximum Gasteiger partial charge on any atom is 3.00 e. The van der Waals surface area contributed by atoms with Crippen molar-refractivity contribution in [1.82, 2.24) is 0 Å². The van der Waals surface area contributed by atoms with Crippen LogP contribution in [-0.4, -0.2) is 0 Å². The van der Waals surface area contributed by atoms with E-state index < -0.39 is 0 Å². The molecule has 0 amide bonds. The summed E-state index contributed by atoms with van der Waals surface area (Å²) in [5.41, 5.74) is 0. The Morgan fingerprint density at radius 2 is 0.750 bits per heavy atom. The minimum atomic E-state index is 0. The molecule has 50 valence electrons. The third-order valence-corrected chi connectivity index (χ3v) is 0. The van der Waals surface area contributed by atoms with Crippen molar-refractivity contribution in [2.45, 2.75) is 0 Å². The van der Waals surface area contributed by atoms with Crippen LogP contribution in [0.1, 0.15) is 1.43 Å². The van der Waals surface area contributed by atoms with Gasteiger partial charge in [-0.25, -0.2) is 0 Å². The molecule has 4 nitrogen and oxygen atoms in total. The van der Waals surface area contributed by atoms with Crippen LogP contribution in [0.3, 0.4) is 0 Å². The van der Waals surface area contributed by atoms with E-state index in [9.17, 15) is 0 Å². The standard InChI is InChI=1S/Cr.Fe.K.4O.V.H/q+3;;+1;4*-2;;-1. The van der Waals surface area contributed by atoms with Crippen molar-refractivity contribution in [3.63, 3.8) is 0 Å². The van der Waals surface area contributed by atoms with E-state index in [4.69, 9.17) is 0 Å². The molecular formula is HCrFeKO4V-5. The van der Waals surface area contributed by atoms with Crippen LogP contribution in [0.4, 0.5) is 0 Å². The van der Waals surface area contributed by atoms with Crippen LogP contribution in [-0.2, 0) is 74.9 Å². The summed E-state index contributed by atoms with van der Waals surface area (Å²) in [6.07, 6.45) is 0. The van der Waals surface area contributed by atoms with Gasteiger partial charge < -0.3 is 23.3 Å². The fourth-order valence-corrected chi connectivity index (χ4v) is 0. The predicted molar refractivity (Wildman–Crippen MR) is 3.86 cm³/mol. The molecule has 0 heterocycles. The number of hydrogen-bond donors (Lipinski definition) is 0. The van der Waals surface area contributed by atoms with Crippen LogP contribution in [0, 0.1) is 0 Å². The Morgan fingerprint density at radius 1 is 0.750 bits per heavy atom. The Kier molecular flexibility index (Phi) is 1270. The molecule has 2 radical (unpaired) electrons. The smallest absolute Gasteiger partial charge is 2.00 e. The Bertz CT molecular complexity index is 20.5. The van der Waals surface area contributed by atoms with Crippen molar-refractivity contribution in [3.8, 4) is 0 Å². The van der Waals surface area contributed by atoms with E-state index >= 15 is 0 Å². The molecule has 0 atom stereocenters. The van der Waals surface area contributed by atoms with Gasteiger partial charge in [0.25, 0.3) is 0 Å². The average Bonchev–Trinajstić information content (AvgIpc) is 0. The molecule has 0 fully saturated rings. The molecule has 0 rings (SSSR count). The van der Waals surface area contributed by atoms with Gasteiger partial charge in [0.1, 0.15) is 0 Å². The summed E-state index contributed by atoms with van der Waals surface area (Å²) < 4.78 is 0. The molecule has 0 aliphatic carbocycles. The van der Waals surface area contributed by atoms with Crippen molar-refractivity contribution in [2.24, 2.45) is 0 Å². The van der Waals surface area contributed by atoms with Gasteiger partial charge >= 0.3 is 68.7 Å². The molecule has 8 heteroatoms. The summed E-state index contributed by atoms with van der Waals surface area (Å²) >= 11 is 0. The van der Waals surface area contributed by atoms with E-state index in [0.717, 1.165) is 0 Å². The Labute approximate surface area is 125 Å². The van der Waals surface area contributed by atoms with Crippen molar-refractivity contribution in [3.05, 3.63) is 0 Å². The minimum absolute atomic E-state index is 0. The van der Waals surface area contributed by atoms with Crippen LogP contribution >= 0.6 is 0 Å². The van der Waals surface area contributed by atoms with Gasteiger partial charge in [-0.3, -0.25) is 0 Å². The van der Waals surface area contributed by atoms with E-state index in [2.05, 4.69) is 0 Å². The molecule has 0 saturated carbocycles. The number of rotatable bonds is 0. The topological polar surface area (TPSA) is 114 Å². The Balaban J connectivity index is 0. The zero-order valence-corrected chi connectivity index (χ0v) is 10.7. The molecule has 8 heavy (non-hydrogen) atoms. The van der Waals surface area contributed by atoms with Crippen molar-refractivity contribution in [2.75, 3.05) is 0 Å². The van der Waals surface area contributed by atoms with Crippen molar-refractivity contribution < 1.29 is 128 Å². The second-order valence-electron chi connectivity index (χ2n) is 0. The summed E-state index contributed by atoms with van der Waals surface area (Å²) in [6.45, 7) is 0. The zero-order chi connectivity index (χ0) is 0. The average molecular weight is 263 g/mol. The van der Waals surface area contributed by atoms with Crippen LogP contribution in [0.5, 0.6) is 0 Å². The fraction of sp³-hybridized carbons (Fsp3) is 0.